The molecule has 2 aromatic carbocycles. The maximum Gasteiger partial charge on any atom is 0.303 e. The van der Waals surface area contributed by atoms with E-state index in [4.69, 9.17) is 19.0 Å². The Morgan fingerprint density at radius 2 is 1.70 bits per heavy atom. The molecule has 0 unspecified atom stereocenters. The Hall–Kier alpha value is -3.05. The number of carboxylic acids is 1. The van der Waals surface area contributed by atoms with E-state index in [-0.39, 0.29) is 6.42 Å². The smallest absolute Gasteiger partial charge is 0.303 e. The van der Waals surface area contributed by atoms with Gasteiger partial charge >= 0.3 is 5.97 Å². The summed E-state index contributed by atoms with van der Waals surface area (Å²) in [6.45, 7) is 3.00. The van der Waals surface area contributed by atoms with E-state index >= 15 is 0 Å². The number of carboxylic acid groups (broad SMARTS) is 1. The van der Waals surface area contributed by atoms with Crippen molar-refractivity contribution in [2.75, 3.05) is 13.7 Å². The van der Waals surface area contributed by atoms with E-state index in [1.54, 1.807) is 7.11 Å². The van der Waals surface area contributed by atoms with E-state index in [1.807, 2.05) is 61.5 Å². The molecule has 1 N–H and O–H groups in total. The fraction of sp³-hybridized carbons (Fsp3) is 0.320. The van der Waals surface area contributed by atoms with Crippen LogP contribution in [0.15, 0.2) is 59.0 Å². The molecule has 0 aliphatic carbocycles. The van der Waals surface area contributed by atoms with E-state index in [0.29, 0.717) is 19.6 Å². The van der Waals surface area contributed by atoms with Crippen molar-refractivity contribution < 1.29 is 23.8 Å². The number of rotatable bonds is 11. The molecule has 0 amide bonds. The van der Waals surface area contributed by atoms with Gasteiger partial charge in [0.2, 0.25) is 0 Å². The van der Waals surface area contributed by atoms with Crippen molar-refractivity contribution in [1.29, 1.82) is 0 Å². The van der Waals surface area contributed by atoms with Gasteiger partial charge in [0.15, 0.2) is 0 Å². The third-order valence-corrected chi connectivity index (χ3v) is 5.05. The van der Waals surface area contributed by atoms with Crippen LogP contribution in [0.5, 0.6) is 5.75 Å². The maximum atomic E-state index is 10.6. The number of unbranched alkanes of at least 4 members (excludes halogenated alkanes) is 2. The fourth-order valence-electron chi connectivity index (χ4n) is 3.44. The summed E-state index contributed by atoms with van der Waals surface area (Å²) in [5.74, 6) is 1.73. The lowest BCUT2D eigenvalue weighted by Crippen LogP contribution is -1.99. The lowest BCUT2D eigenvalue weighted by Gasteiger charge is -2.09. The van der Waals surface area contributed by atoms with Gasteiger partial charge in [-0.3, -0.25) is 4.79 Å². The average molecular weight is 408 g/mol. The topological polar surface area (TPSA) is 68.9 Å². The summed E-state index contributed by atoms with van der Waals surface area (Å²) in [6, 6.07) is 18.0. The van der Waals surface area contributed by atoms with Crippen LogP contribution in [-0.2, 0) is 16.1 Å². The molecule has 1 aromatic heterocycles. The Labute approximate surface area is 177 Å². The summed E-state index contributed by atoms with van der Waals surface area (Å²) in [6.07, 6.45) is 2.58. The summed E-state index contributed by atoms with van der Waals surface area (Å²) in [7, 11) is 1.65. The van der Waals surface area contributed by atoms with Gasteiger partial charge in [-0.25, -0.2) is 0 Å². The van der Waals surface area contributed by atoms with Crippen LogP contribution in [0, 0.1) is 6.92 Å². The second-order valence-corrected chi connectivity index (χ2v) is 7.19. The Kier molecular flexibility index (Phi) is 7.69. The first kappa shape index (κ1) is 21.7. The van der Waals surface area contributed by atoms with Crippen LogP contribution in [0.25, 0.3) is 22.5 Å². The van der Waals surface area contributed by atoms with Crippen LogP contribution in [0.1, 0.15) is 37.0 Å². The zero-order chi connectivity index (χ0) is 21.3. The highest BCUT2D eigenvalue weighted by atomic mass is 16.5. The zero-order valence-electron chi connectivity index (χ0n) is 17.5. The fourth-order valence-corrected chi connectivity index (χ4v) is 3.44. The van der Waals surface area contributed by atoms with Gasteiger partial charge in [-0.05, 0) is 37.5 Å². The summed E-state index contributed by atoms with van der Waals surface area (Å²) in [4.78, 5) is 10.6. The molecule has 3 rings (SSSR count). The number of aryl methyl sites for hydroxylation is 1. The van der Waals surface area contributed by atoms with Crippen molar-refractivity contribution in [3.05, 3.63) is 65.9 Å². The third kappa shape index (κ3) is 5.51. The van der Waals surface area contributed by atoms with Crippen molar-refractivity contribution in [3.8, 4) is 28.2 Å². The molecule has 0 bridgehead atoms. The second-order valence-electron chi connectivity index (χ2n) is 7.19. The molecule has 0 saturated carbocycles. The first-order chi connectivity index (χ1) is 14.6. The van der Waals surface area contributed by atoms with Crippen LogP contribution in [0.4, 0.5) is 0 Å². The van der Waals surface area contributed by atoms with E-state index in [9.17, 15) is 4.79 Å². The molecular weight excluding hydrogens is 380 g/mol. The summed E-state index contributed by atoms with van der Waals surface area (Å²) < 4.78 is 17.4. The molecule has 0 aliphatic heterocycles. The number of carbonyl (C=O) groups is 1. The minimum atomic E-state index is -0.748. The summed E-state index contributed by atoms with van der Waals surface area (Å²) >= 11 is 0. The van der Waals surface area contributed by atoms with Crippen LogP contribution < -0.4 is 4.74 Å². The van der Waals surface area contributed by atoms with Gasteiger partial charge in [-0.15, -0.1) is 0 Å². The summed E-state index contributed by atoms with van der Waals surface area (Å²) in [5, 5.41) is 8.71. The van der Waals surface area contributed by atoms with Crippen LogP contribution in [0.2, 0.25) is 0 Å². The average Bonchev–Trinajstić information content (AvgIpc) is 3.09. The molecule has 0 atom stereocenters. The Morgan fingerprint density at radius 3 is 2.37 bits per heavy atom. The number of hydrogen-bond acceptors (Lipinski definition) is 4. The van der Waals surface area contributed by atoms with E-state index in [1.165, 1.54) is 0 Å². The number of methoxy groups -OCH3 is 1. The molecule has 158 valence electrons. The molecule has 3 aromatic rings. The molecule has 5 heteroatoms. The molecule has 30 heavy (non-hydrogen) atoms. The normalized spacial score (nSPS) is 10.9. The third-order valence-electron chi connectivity index (χ3n) is 5.05. The largest absolute Gasteiger partial charge is 0.497 e. The number of hydrogen-bond donors (Lipinski definition) is 1. The molecule has 5 nitrogen and oxygen atoms in total. The van der Waals surface area contributed by atoms with Gasteiger partial charge in [0.05, 0.1) is 13.7 Å². The highest BCUT2D eigenvalue weighted by molar-refractivity contribution is 5.83. The lowest BCUT2D eigenvalue weighted by molar-refractivity contribution is -0.137. The van der Waals surface area contributed by atoms with Gasteiger partial charge in [0.1, 0.15) is 17.3 Å². The quantitative estimate of drug-likeness (QED) is 0.389. The second kappa shape index (κ2) is 10.6. The Balaban J connectivity index is 1.80. The molecule has 0 aliphatic rings. The van der Waals surface area contributed by atoms with Crippen molar-refractivity contribution in [2.24, 2.45) is 0 Å². The monoisotopic (exact) mass is 408 g/mol. The van der Waals surface area contributed by atoms with Crippen molar-refractivity contribution in [3.63, 3.8) is 0 Å². The standard InChI is InChI=1S/C25H28O5/c1-18-22(17-29-16-8-4-7-11-23(26)27)24(19-12-14-21(28-2)15-13-19)25(30-18)20-9-5-3-6-10-20/h3,5-6,9-10,12-15H,4,7-8,11,16-17H2,1-2H3,(H,26,27). The van der Waals surface area contributed by atoms with Gasteiger partial charge in [0, 0.05) is 29.7 Å². The highest BCUT2D eigenvalue weighted by Crippen LogP contribution is 2.40. The van der Waals surface area contributed by atoms with Crippen molar-refractivity contribution >= 4 is 5.97 Å². The van der Waals surface area contributed by atoms with Gasteiger partial charge in [-0.1, -0.05) is 48.9 Å². The molecule has 1 heterocycles. The van der Waals surface area contributed by atoms with Gasteiger partial charge in [0.25, 0.3) is 0 Å². The number of ether oxygens (including phenoxy) is 2. The lowest BCUT2D eigenvalue weighted by atomic mass is 9.97. The number of furan rings is 1. The Bertz CT molecular complexity index is 942. The number of benzene rings is 2. The minimum absolute atomic E-state index is 0.211. The van der Waals surface area contributed by atoms with Crippen molar-refractivity contribution in [1.82, 2.24) is 0 Å². The van der Waals surface area contributed by atoms with Crippen LogP contribution in [0.3, 0.4) is 0 Å². The predicted molar refractivity (Wildman–Crippen MR) is 117 cm³/mol. The molecule has 0 radical (unpaired) electrons. The molecular formula is C25H28O5. The van der Waals surface area contributed by atoms with E-state index in [0.717, 1.165) is 52.4 Å². The van der Waals surface area contributed by atoms with E-state index in [2.05, 4.69) is 0 Å². The maximum absolute atomic E-state index is 10.6. The highest BCUT2D eigenvalue weighted by Gasteiger charge is 2.20. The summed E-state index contributed by atoms with van der Waals surface area (Å²) in [5.41, 5.74) is 4.13. The minimum Gasteiger partial charge on any atom is -0.497 e. The molecule has 0 saturated heterocycles. The first-order valence-corrected chi connectivity index (χ1v) is 10.2. The molecule has 0 spiro atoms. The van der Waals surface area contributed by atoms with Crippen LogP contribution in [-0.4, -0.2) is 24.8 Å². The van der Waals surface area contributed by atoms with Crippen LogP contribution >= 0.6 is 0 Å². The molecule has 0 fully saturated rings. The van der Waals surface area contributed by atoms with Gasteiger partial charge in [-0.2, -0.15) is 0 Å². The van der Waals surface area contributed by atoms with Crippen molar-refractivity contribution in [2.45, 2.75) is 39.2 Å². The van der Waals surface area contributed by atoms with Gasteiger partial charge < -0.3 is 19.0 Å². The Morgan fingerprint density at radius 1 is 0.967 bits per heavy atom. The predicted octanol–water partition coefficient (Wildman–Crippen LogP) is 6.09. The first-order valence-electron chi connectivity index (χ1n) is 10.2. The van der Waals surface area contributed by atoms with E-state index < -0.39 is 5.97 Å². The SMILES string of the molecule is COc1ccc(-c2c(-c3ccccc3)oc(C)c2COCCCCCC(=O)O)cc1. The zero-order valence-corrected chi connectivity index (χ0v) is 17.5. The number of aliphatic carboxylic acids is 1.